The summed E-state index contributed by atoms with van der Waals surface area (Å²) in [4.78, 5) is 0. The molecule has 0 bridgehead atoms. The summed E-state index contributed by atoms with van der Waals surface area (Å²) in [5, 5.41) is 8.28. The number of benzene rings is 1. The molecule has 0 atom stereocenters. The van der Waals surface area contributed by atoms with Crippen molar-refractivity contribution in [3.63, 3.8) is 0 Å². The van der Waals surface area contributed by atoms with Crippen molar-refractivity contribution in [1.29, 1.82) is 0 Å². The van der Waals surface area contributed by atoms with E-state index >= 15 is 0 Å². The number of rotatable bonds is 0. The second kappa shape index (κ2) is 2.84. The maximum absolute atomic E-state index is 4.06. The van der Waals surface area contributed by atoms with Gasteiger partial charge >= 0.3 is 0 Å². The van der Waals surface area contributed by atoms with E-state index in [0.29, 0.717) is 0 Å². The van der Waals surface area contributed by atoms with Crippen molar-refractivity contribution in [1.82, 2.24) is 10.2 Å². The van der Waals surface area contributed by atoms with Gasteiger partial charge in [0.2, 0.25) is 0 Å². The fourth-order valence-corrected chi connectivity index (χ4v) is 1.67. The lowest BCUT2D eigenvalue weighted by Gasteiger charge is -2.19. The minimum Gasteiger partial charge on any atom is -0.278 e. The average molecular weight is 188 g/mol. The molecule has 0 spiro atoms. The Balaban J connectivity index is 2.70. The molecule has 0 unspecified atom stereocenters. The Labute approximate surface area is 84.3 Å². The molecule has 0 saturated carbocycles. The van der Waals surface area contributed by atoms with Crippen LogP contribution in [-0.4, -0.2) is 10.2 Å². The molecule has 0 saturated heterocycles. The normalized spacial score (nSPS) is 12.3. The van der Waals surface area contributed by atoms with Crippen molar-refractivity contribution in [3.05, 3.63) is 29.5 Å². The summed E-state index contributed by atoms with van der Waals surface area (Å²) in [6.45, 7) is 8.81. The van der Waals surface area contributed by atoms with Gasteiger partial charge in [0, 0.05) is 5.39 Å². The van der Waals surface area contributed by atoms with Gasteiger partial charge in [0.1, 0.15) is 0 Å². The summed E-state index contributed by atoms with van der Waals surface area (Å²) in [6, 6.07) is 4.45. The highest BCUT2D eigenvalue weighted by atomic mass is 15.1. The Morgan fingerprint density at radius 3 is 2.57 bits per heavy atom. The Morgan fingerprint density at radius 1 is 1.21 bits per heavy atom. The summed E-state index contributed by atoms with van der Waals surface area (Å²) >= 11 is 0. The van der Waals surface area contributed by atoms with Crippen molar-refractivity contribution in [2.45, 2.75) is 33.1 Å². The number of aryl methyl sites for hydroxylation is 1. The van der Waals surface area contributed by atoms with Crippen LogP contribution in [-0.2, 0) is 5.41 Å². The third-order valence-electron chi connectivity index (χ3n) is 2.61. The Hall–Kier alpha value is -1.31. The number of nitrogens with one attached hydrogen (secondary N) is 1. The van der Waals surface area contributed by atoms with Gasteiger partial charge < -0.3 is 0 Å². The van der Waals surface area contributed by atoms with E-state index in [2.05, 4.69) is 50.0 Å². The van der Waals surface area contributed by atoms with Crippen molar-refractivity contribution in [3.8, 4) is 0 Å². The largest absolute Gasteiger partial charge is 0.278 e. The van der Waals surface area contributed by atoms with Gasteiger partial charge in [-0.05, 0) is 29.5 Å². The van der Waals surface area contributed by atoms with Crippen molar-refractivity contribution in [2.24, 2.45) is 0 Å². The number of aromatic nitrogens is 2. The van der Waals surface area contributed by atoms with Crippen molar-refractivity contribution >= 4 is 10.9 Å². The van der Waals surface area contributed by atoms with E-state index in [1.165, 1.54) is 16.5 Å². The van der Waals surface area contributed by atoms with Crippen LogP contribution < -0.4 is 0 Å². The standard InChI is InChI=1S/C12H16N2/c1-8-5-10(12(2,3)4)6-9-7-13-14-11(8)9/h5-7H,1-4H3,(H,13,14). The molecule has 0 aliphatic heterocycles. The minimum absolute atomic E-state index is 0.205. The van der Waals surface area contributed by atoms with E-state index in [4.69, 9.17) is 0 Å². The molecule has 0 amide bonds. The van der Waals surface area contributed by atoms with Crippen molar-refractivity contribution < 1.29 is 0 Å². The first-order valence-corrected chi connectivity index (χ1v) is 4.93. The van der Waals surface area contributed by atoms with E-state index in [-0.39, 0.29) is 5.41 Å². The van der Waals surface area contributed by atoms with E-state index in [1.54, 1.807) is 0 Å². The van der Waals surface area contributed by atoms with Crippen LogP contribution >= 0.6 is 0 Å². The molecule has 74 valence electrons. The molecule has 0 fully saturated rings. The maximum atomic E-state index is 4.06. The molecule has 2 rings (SSSR count). The van der Waals surface area contributed by atoms with Gasteiger partial charge in [0.15, 0.2) is 0 Å². The van der Waals surface area contributed by atoms with Gasteiger partial charge in [-0.2, -0.15) is 5.10 Å². The number of nitrogens with zero attached hydrogens (tertiary/aromatic N) is 1. The summed E-state index contributed by atoms with van der Waals surface area (Å²) < 4.78 is 0. The first kappa shape index (κ1) is 9.25. The van der Waals surface area contributed by atoms with E-state index in [0.717, 1.165) is 5.52 Å². The summed E-state index contributed by atoms with van der Waals surface area (Å²) in [6.07, 6.45) is 1.89. The van der Waals surface area contributed by atoms with Gasteiger partial charge in [-0.1, -0.05) is 26.8 Å². The van der Waals surface area contributed by atoms with Gasteiger partial charge in [-0.3, -0.25) is 5.10 Å². The van der Waals surface area contributed by atoms with Gasteiger partial charge in [-0.15, -0.1) is 0 Å². The predicted octanol–water partition coefficient (Wildman–Crippen LogP) is 3.17. The van der Waals surface area contributed by atoms with Crippen LogP contribution in [0.3, 0.4) is 0 Å². The molecule has 0 aliphatic carbocycles. The lowest BCUT2D eigenvalue weighted by atomic mass is 9.85. The van der Waals surface area contributed by atoms with E-state index in [1.807, 2.05) is 6.20 Å². The number of hydrogen-bond acceptors (Lipinski definition) is 1. The average Bonchev–Trinajstić information content (AvgIpc) is 2.50. The fourth-order valence-electron chi connectivity index (χ4n) is 1.67. The molecule has 0 radical (unpaired) electrons. The van der Waals surface area contributed by atoms with Crippen LogP contribution in [0.1, 0.15) is 31.9 Å². The SMILES string of the molecule is Cc1cc(C(C)(C)C)cc2cn[nH]c12. The quantitative estimate of drug-likeness (QED) is 0.676. The molecule has 1 N–H and O–H groups in total. The fraction of sp³-hybridized carbons (Fsp3) is 0.417. The monoisotopic (exact) mass is 188 g/mol. The summed E-state index contributed by atoms with van der Waals surface area (Å²) in [5.41, 5.74) is 3.99. The van der Waals surface area contributed by atoms with Crippen LogP contribution in [0.4, 0.5) is 0 Å². The zero-order valence-corrected chi connectivity index (χ0v) is 9.18. The molecular weight excluding hydrogens is 172 g/mol. The second-order valence-corrected chi connectivity index (χ2v) is 4.88. The molecule has 1 aromatic heterocycles. The van der Waals surface area contributed by atoms with Crippen LogP contribution in [0.2, 0.25) is 0 Å². The molecule has 14 heavy (non-hydrogen) atoms. The van der Waals surface area contributed by atoms with Crippen LogP contribution in [0, 0.1) is 6.92 Å². The van der Waals surface area contributed by atoms with Crippen LogP contribution in [0.5, 0.6) is 0 Å². The number of hydrogen-bond donors (Lipinski definition) is 1. The minimum atomic E-state index is 0.205. The molecule has 2 heteroatoms. The first-order chi connectivity index (χ1) is 6.48. The summed E-state index contributed by atoms with van der Waals surface area (Å²) in [7, 11) is 0. The van der Waals surface area contributed by atoms with Gasteiger partial charge in [-0.25, -0.2) is 0 Å². The zero-order chi connectivity index (χ0) is 10.3. The topological polar surface area (TPSA) is 28.7 Å². The highest BCUT2D eigenvalue weighted by Crippen LogP contribution is 2.27. The lowest BCUT2D eigenvalue weighted by Crippen LogP contribution is -2.11. The second-order valence-electron chi connectivity index (χ2n) is 4.88. The molecule has 2 aromatic rings. The first-order valence-electron chi connectivity index (χ1n) is 4.93. The molecular formula is C12H16N2. The van der Waals surface area contributed by atoms with Crippen LogP contribution in [0.25, 0.3) is 10.9 Å². The Kier molecular flexibility index (Phi) is 1.88. The van der Waals surface area contributed by atoms with Crippen LogP contribution in [0.15, 0.2) is 18.3 Å². The number of fused-ring (bicyclic) bond motifs is 1. The van der Waals surface area contributed by atoms with Gasteiger partial charge in [0.05, 0.1) is 11.7 Å². The molecule has 2 nitrogen and oxygen atoms in total. The van der Waals surface area contributed by atoms with Gasteiger partial charge in [0.25, 0.3) is 0 Å². The number of H-pyrrole nitrogens is 1. The third-order valence-corrected chi connectivity index (χ3v) is 2.61. The Bertz CT molecular complexity index is 461. The number of aromatic amines is 1. The van der Waals surface area contributed by atoms with Crippen molar-refractivity contribution in [2.75, 3.05) is 0 Å². The zero-order valence-electron chi connectivity index (χ0n) is 9.18. The smallest absolute Gasteiger partial charge is 0.0679 e. The molecule has 1 heterocycles. The summed E-state index contributed by atoms with van der Waals surface area (Å²) in [5.74, 6) is 0. The highest BCUT2D eigenvalue weighted by Gasteiger charge is 2.15. The molecule has 0 aliphatic rings. The van der Waals surface area contributed by atoms with E-state index < -0.39 is 0 Å². The predicted molar refractivity (Wildman–Crippen MR) is 59.5 cm³/mol. The van der Waals surface area contributed by atoms with E-state index in [9.17, 15) is 0 Å². The Morgan fingerprint density at radius 2 is 1.93 bits per heavy atom. The lowest BCUT2D eigenvalue weighted by molar-refractivity contribution is 0.590. The maximum Gasteiger partial charge on any atom is 0.0679 e. The third kappa shape index (κ3) is 1.41. The highest BCUT2D eigenvalue weighted by molar-refractivity contribution is 5.82. The molecule has 1 aromatic carbocycles.